The van der Waals surface area contributed by atoms with Gasteiger partial charge in [-0.05, 0) is 6.92 Å². The van der Waals surface area contributed by atoms with Crippen molar-refractivity contribution >= 4 is 5.97 Å². The SMILES string of the molecule is CCOC(=O)c1c(CN)ncc(C(F)F)c1F. The Labute approximate surface area is 95.6 Å². The third-order valence-electron chi connectivity index (χ3n) is 2.03. The Bertz CT molecular complexity index is 424. The van der Waals surface area contributed by atoms with E-state index in [1.807, 2.05) is 0 Å². The smallest absolute Gasteiger partial charge is 0.343 e. The van der Waals surface area contributed by atoms with Crippen LogP contribution >= 0.6 is 0 Å². The van der Waals surface area contributed by atoms with E-state index in [2.05, 4.69) is 9.72 Å². The summed E-state index contributed by atoms with van der Waals surface area (Å²) < 4.78 is 43.1. The zero-order valence-corrected chi connectivity index (χ0v) is 9.04. The van der Waals surface area contributed by atoms with Gasteiger partial charge in [0.1, 0.15) is 11.4 Å². The topological polar surface area (TPSA) is 65.2 Å². The van der Waals surface area contributed by atoms with Gasteiger partial charge in [0.25, 0.3) is 6.43 Å². The fraction of sp³-hybridized carbons (Fsp3) is 0.400. The number of hydrogen-bond donors (Lipinski definition) is 1. The zero-order chi connectivity index (χ0) is 13.0. The van der Waals surface area contributed by atoms with E-state index in [-0.39, 0.29) is 18.8 Å². The van der Waals surface area contributed by atoms with Crippen molar-refractivity contribution in [2.75, 3.05) is 6.61 Å². The minimum Gasteiger partial charge on any atom is -0.462 e. The summed E-state index contributed by atoms with van der Waals surface area (Å²) in [5.41, 5.74) is 3.59. The molecule has 0 aliphatic heterocycles. The molecule has 0 aromatic carbocycles. The van der Waals surface area contributed by atoms with E-state index in [0.717, 1.165) is 0 Å². The zero-order valence-electron chi connectivity index (χ0n) is 9.04. The summed E-state index contributed by atoms with van der Waals surface area (Å²) >= 11 is 0. The molecule has 4 nitrogen and oxygen atoms in total. The van der Waals surface area contributed by atoms with Crippen LogP contribution in [0.2, 0.25) is 0 Å². The van der Waals surface area contributed by atoms with Crippen LogP contribution in [0.25, 0.3) is 0 Å². The highest BCUT2D eigenvalue weighted by atomic mass is 19.3. The Morgan fingerprint density at radius 3 is 2.71 bits per heavy atom. The molecule has 1 heterocycles. The van der Waals surface area contributed by atoms with Gasteiger partial charge >= 0.3 is 5.97 Å². The van der Waals surface area contributed by atoms with Gasteiger partial charge < -0.3 is 10.5 Å². The maximum absolute atomic E-state index is 13.7. The van der Waals surface area contributed by atoms with Crippen molar-refractivity contribution < 1.29 is 22.7 Å². The molecule has 7 heteroatoms. The van der Waals surface area contributed by atoms with E-state index in [9.17, 15) is 18.0 Å². The van der Waals surface area contributed by atoms with Crippen LogP contribution in [0.4, 0.5) is 13.2 Å². The van der Waals surface area contributed by atoms with Gasteiger partial charge in [-0.2, -0.15) is 0 Å². The third-order valence-corrected chi connectivity index (χ3v) is 2.03. The van der Waals surface area contributed by atoms with Gasteiger partial charge in [-0.1, -0.05) is 0 Å². The Morgan fingerprint density at radius 1 is 1.59 bits per heavy atom. The van der Waals surface area contributed by atoms with E-state index in [4.69, 9.17) is 5.73 Å². The standard InChI is InChI=1S/C10H11F3N2O2/c1-2-17-10(16)7-6(3-14)15-4-5(8(7)11)9(12)13/h4,9H,2-3,14H2,1H3. The van der Waals surface area contributed by atoms with Crippen LogP contribution in [0.15, 0.2) is 6.20 Å². The van der Waals surface area contributed by atoms with E-state index in [1.54, 1.807) is 0 Å². The number of alkyl halides is 2. The van der Waals surface area contributed by atoms with Crippen LogP contribution < -0.4 is 5.73 Å². The van der Waals surface area contributed by atoms with E-state index in [1.165, 1.54) is 6.92 Å². The second-order valence-electron chi connectivity index (χ2n) is 3.07. The number of esters is 1. The van der Waals surface area contributed by atoms with Crippen molar-refractivity contribution in [3.8, 4) is 0 Å². The van der Waals surface area contributed by atoms with Crippen LogP contribution in [0.1, 0.15) is 35.0 Å². The number of pyridine rings is 1. The predicted octanol–water partition coefficient (Wildman–Crippen LogP) is 1.79. The van der Waals surface area contributed by atoms with Crippen LogP contribution in [-0.2, 0) is 11.3 Å². The monoisotopic (exact) mass is 248 g/mol. The molecule has 1 rings (SSSR count). The van der Waals surface area contributed by atoms with Crippen molar-refractivity contribution in [2.45, 2.75) is 19.9 Å². The lowest BCUT2D eigenvalue weighted by Gasteiger charge is -2.10. The molecular formula is C10H11F3N2O2. The Kier molecular flexibility index (Phi) is 4.45. The van der Waals surface area contributed by atoms with Gasteiger partial charge in [-0.25, -0.2) is 18.0 Å². The molecule has 1 aromatic heterocycles. The Balaban J connectivity index is 3.32. The van der Waals surface area contributed by atoms with Crippen molar-refractivity contribution in [3.63, 3.8) is 0 Å². The molecule has 0 atom stereocenters. The Morgan fingerprint density at radius 2 is 2.24 bits per heavy atom. The number of aromatic nitrogens is 1. The summed E-state index contributed by atoms with van der Waals surface area (Å²) in [5, 5.41) is 0. The van der Waals surface area contributed by atoms with Gasteiger partial charge in [0.05, 0.1) is 17.9 Å². The summed E-state index contributed by atoms with van der Waals surface area (Å²) in [5.74, 6) is -2.37. The third kappa shape index (κ3) is 2.73. The van der Waals surface area contributed by atoms with Gasteiger partial charge in [0.15, 0.2) is 0 Å². The molecule has 0 amide bonds. The lowest BCUT2D eigenvalue weighted by Crippen LogP contribution is -2.16. The van der Waals surface area contributed by atoms with Crippen molar-refractivity contribution in [3.05, 3.63) is 28.8 Å². The first kappa shape index (κ1) is 13.4. The number of carbonyl (C=O) groups excluding carboxylic acids is 1. The summed E-state index contributed by atoms with van der Waals surface area (Å²) in [6.45, 7) is 1.28. The van der Waals surface area contributed by atoms with Gasteiger partial charge in [-0.15, -0.1) is 0 Å². The van der Waals surface area contributed by atoms with E-state index in [0.29, 0.717) is 6.20 Å². The molecule has 0 saturated heterocycles. The molecule has 0 saturated carbocycles. The first-order chi connectivity index (χ1) is 8.02. The maximum Gasteiger partial charge on any atom is 0.343 e. The molecule has 0 unspecified atom stereocenters. The number of nitrogens with zero attached hydrogens (tertiary/aromatic N) is 1. The average Bonchev–Trinajstić information content (AvgIpc) is 2.27. The van der Waals surface area contributed by atoms with Crippen LogP contribution in [0.5, 0.6) is 0 Å². The molecule has 1 aromatic rings. The second-order valence-corrected chi connectivity index (χ2v) is 3.07. The van der Waals surface area contributed by atoms with Crippen molar-refractivity contribution in [1.29, 1.82) is 0 Å². The van der Waals surface area contributed by atoms with Crippen molar-refractivity contribution in [2.24, 2.45) is 5.73 Å². The fourth-order valence-corrected chi connectivity index (χ4v) is 1.26. The first-order valence-corrected chi connectivity index (χ1v) is 4.85. The number of hydrogen-bond acceptors (Lipinski definition) is 4. The average molecular weight is 248 g/mol. The quantitative estimate of drug-likeness (QED) is 0.825. The molecule has 2 N–H and O–H groups in total. The van der Waals surface area contributed by atoms with Gasteiger partial charge in [0.2, 0.25) is 0 Å². The molecule has 0 spiro atoms. The summed E-state index contributed by atoms with van der Waals surface area (Å²) in [6, 6.07) is 0. The Hall–Kier alpha value is -1.63. The van der Waals surface area contributed by atoms with E-state index < -0.39 is 29.3 Å². The molecule has 94 valence electrons. The van der Waals surface area contributed by atoms with Crippen LogP contribution in [0.3, 0.4) is 0 Å². The summed E-state index contributed by atoms with van der Waals surface area (Å²) in [6.07, 6.45) is -2.38. The lowest BCUT2D eigenvalue weighted by molar-refractivity contribution is 0.0517. The number of halogens is 3. The molecule has 17 heavy (non-hydrogen) atoms. The second kappa shape index (κ2) is 5.62. The minimum atomic E-state index is -3.05. The van der Waals surface area contributed by atoms with Crippen molar-refractivity contribution in [1.82, 2.24) is 4.98 Å². The number of rotatable bonds is 4. The van der Waals surface area contributed by atoms with Gasteiger partial charge in [-0.3, -0.25) is 4.98 Å². The molecule has 0 fully saturated rings. The normalized spacial score (nSPS) is 10.7. The highest BCUT2D eigenvalue weighted by Gasteiger charge is 2.25. The van der Waals surface area contributed by atoms with Crippen LogP contribution in [0, 0.1) is 5.82 Å². The molecule has 0 bridgehead atoms. The molecular weight excluding hydrogens is 237 g/mol. The minimum absolute atomic E-state index is 0.00118. The largest absolute Gasteiger partial charge is 0.462 e. The number of nitrogens with two attached hydrogens (primary N) is 1. The summed E-state index contributed by atoms with van der Waals surface area (Å²) in [7, 11) is 0. The molecule has 0 aliphatic carbocycles. The highest BCUT2D eigenvalue weighted by molar-refractivity contribution is 5.91. The lowest BCUT2D eigenvalue weighted by atomic mass is 10.1. The first-order valence-electron chi connectivity index (χ1n) is 4.85. The molecule has 0 aliphatic rings. The van der Waals surface area contributed by atoms with Gasteiger partial charge in [0, 0.05) is 12.7 Å². The fourth-order valence-electron chi connectivity index (χ4n) is 1.26. The van der Waals surface area contributed by atoms with Crippen LogP contribution in [-0.4, -0.2) is 17.6 Å². The highest BCUT2D eigenvalue weighted by Crippen LogP contribution is 2.25. The summed E-state index contributed by atoms with van der Waals surface area (Å²) in [4.78, 5) is 15.0. The molecule has 0 radical (unpaired) electrons. The van der Waals surface area contributed by atoms with E-state index >= 15 is 0 Å². The number of ether oxygens (including phenoxy) is 1. The number of carbonyl (C=O) groups is 1. The predicted molar refractivity (Wildman–Crippen MR) is 53.0 cm³/mol. The maximum atomic E-state index is 13.7.